The summed E-state index contributed by atoms with van der Waals surface area (Å²) in [6.07, 6.45) is 0. The lowest BCUT2D eigenvalue weighted by atomic mass is 10.3. The molecule has 106 valence electrons. The Morgan fingerprint density at radius 2 is 2.30 bits per heavy atom. The van der Waals surface area contributed by atoms with Gasteiger partial charge >= 0.3 is 0 Å². The van der Waals surface area contributed by atoms with Gasteiger partial charge in [0, 0.05) is 4.90 Å². The van der Waals surface area contributed by atoms with E-state index in [4.69, 9.17) is 4.74 Å². The Bertz CT molecular complexity index is 586. The highest BCUT2D eigenvalue weighted by molar-refractivity contribution is 8.00. The van der Waals surface area contributed by atoms with Crippen molar-refractivity contribution in [2.75, 3.05) is 12.9 Å². The number of amides is 1. The zero-order valence-electron chi connectivity index (χ0n) is 11.3. The van der Waals surface area contributed by atoms with E-state index in [1.807, 2.05) is 24.3 Å². The number of hydrogen-bond donors (Lipinski definition) is 1. The molecule has 20 heavy (non-hydrogen) atoms. The maximum Gasteiger partial charge on any atom is 0.230 e. The molecule has 0 fully saturated rings. The number of rotatable bonds is 6. The highest BCUT2D eigenvalue weighted by atomic mass is 32.2. The fourth-order valence-corrected chi connectivity index (χ4v) is 2.26. The number of carbonyl (C=O) groups excluding carboxylic acids is 1. The molecule has 0 unspecified atom stereocenters. The quantitative estimate of drug-likeness (QED) is 0.818. The molecule has 2 aromatic rings. The predicted molar refractivity (Wildman–Crippen MR) is 74.6 cm³/mol. The van der Waals surface area contributed by atoms with Crippen molar-refractivity contribution in [3.8, 4) is 5.75 Å². The molecule has 0 radical (unpaired) electrons. The summed E-state index contributed by atoms with van der Waals surface area (Å²) in [5.41, 5.74) is 1.33. The van der Waals surface area contributed by atoms with Crippen LogP contribution in [0.2, 0.25) is 0 Å². The topological polar surface area (TPSA) is 77.2 Å². The summed E-state index contributed by atoms with van der Waals surface area (Å²) < 4.78 is 9.69. The Kier molecular flexibility index (Phi) is 5.00. The molecule has 0 atom stereocenters. The van der Waals surface area contributed by atoms with Gasteiger partial charge in [0.1, 0.15) is 17.1 Å². The molecular formula is C13H15N3O3S. The van der Waals surface area contributed by atoms with Gasteiger partial charge < -0.3 is 10.1 Å². The number of methoxy groups -OCH3 is 1. The first-order valence-electron chi connectivity index (χ1n) is 6.00. The minimum atomic E-state index is -0.0692. The van der Waals surface area contributed by atoms with Crippen LogP contribution in [0.4, 0.5) is 0 Å². The molecule has 1 amide bonds. The fraction of sp³-hybridized carbons (Fsp3) is 0.308. The van der Waals surface area contributed by atoms with Crippen LogP contribution in [0.25, 0.3) is 0 Å². The van der Waals surface area contributed by atoms with Gasteiger partial charge in [-0.25, -0.2) is 4.63 Å². The van der Waals surface area contributed by atoms with E-state index in [0.29, 0.717) is 23.7 Å². The van der Waals surface area contributed by atoms with E-state index in [2.05, 4.69) is 20.3 Å². The SMILES string of the molecule is COc1cccc(SCC(=O)NCc2nonc2C)c1. The molecule has 0 saturated carbocycles. The molecule has 0 aliphatic rings. The monoisotopic (exact) mass is 293 g/mol. The van der Waals surface area contributed by atoms with Gasteiger partial charge in [0.05, 0.1) is 19.4 Å². The lowest BCUT2D eigenvalue weighted by Gasteiger charge is -2.05. The highest BCUT2D eigenvalue weighted by Gasteiger charge is 2.08. The van der Waals surface area contributed by atoms with Crippen LogP contribution < -0.4 is 10.1 Å². The number of ether oxygens (including phenoxy) is 1. The van der Waals surface area contributed by atoms with E-state index in [0.717, 1.165) is 10.6 Å². The van der Waals surface area contributed by atoms with Crippen molar-refractivity contribution in [1.29, 1.82) is 0 Å². The first-order chi connectivity index (χ1) is 9.69. The third-order valence-corrected chi connectivity index (χ3v) is 3.60. The largest absolute Gasteiger partial charge is 0.497 e. The van der Waals surface area contributed by atoms with Crippen molar-refractivity contribution < 1.29 is 14.2 Å². The Balaban J connectivity index is 1.78. The summed E-state index contributed by atoms with van der Waals surface area (Å²) >= 11 is 1.45. The second kappa shape index (κ2) is 6.95. The molecule has 7 heteroatoms. The van der Waals surface area contributed by atoms with Gasteiger partial charge in [-0.15, -0.1) is 11.8 Å². The minimum absolute atomic E-state index is 0.0692. The molecule has 0 aliphatic carbocycles. The first-order valence-corrected chi connectivity index (χ1v) is 6.99. The van der Waals surface area contributed by atoms with Crippen molar-refractivity contribution in [3.63, 3.8) is 0 Å². The standard InChI is InChI=1S/C13H15N3O3S/c1-9-12(16-19-15-9)7-14-13(17)8-20-11-5-3-4-10(6-11)18-2/h3-6H,7-8H2,1-2H3,(H,14,17). The number of thioether (sulfide) groups is 1. The lowest BCUT2D eigenvalue weighted by Crippen LogP contribution is -2.25. The number of aromatic nitrogens is 2. The number of nitrogens with zero attached hydrogens (tertiary/aromatic N) is 2. The Morgan fingerprint density at radius 3 is 3.00 bits per heavy atom. The number of nitrogens with one attached hydrogen (secondary N) is 1. The number of benzene rings is 1. The molecule has 1 heterocycles. The molecule has 1 aromatic heterocycles. The van der Waals surface area contributed by atoms with Gasteiger partial charge in [0.2, 0.25) is 5.91 Å². The first kappa shape index (κ1) is 14.4. The summed E-state index contributed by atoms with van der Waals surface area (Å²) in [5.74, 6) is 1.04. The van der Waals surface area contributed by atoms with Gasteiger partial charge in [0.25, 0.3) is 0 Å². The molecule has 0 saturated heterocycles. The van der Waals surface area contributed by atoms with Gasteiger partial charge in [-0.3, -0.25) is 4.79 Å². The number of aryl methyl sites for hydroxylation is 1. The molecule has 1 aromatic carbocycles. The number of carbonyl (C=O) groups is 1. The van der Waals surface area contributed by atoms with E-state index >= 15 is 0 Å². The summed E-state index contributed by atoms with van der Waals surface area (Å²) in [7, 11) is 1.62. The van der Waals surface area contributed by atoms with Crippen LogP contribution >= 0.6 is 11.8 Å². The molecular weight excluding hydrogens is 278 g/mol. The maximum absolute atomic E-state index is 11.7. The third-order valence-electron chi connectivity index (χ3n) is 2.61. The highest BCUT2D eigenvalue weighted by Crippen LogP contribution is 2.22. The molecule has 0 bridgehead atoms. The predicted octanol–water partition coefficient (Wildman–Crippen LogP) is 1.80. The van der Waals surface area contributed by atoms with Crippen LogP contribution in [0, 0.1) is 6.92 Å². The average Bonchev–Trinajstić information content (AvgIpc) is 2.88. The van der Waals surface area contributed by atoms with Crippen LogP contribution in [-0.2, 0) is 11.3 Å². The van der Waals surface area contributed by atoms with Crippen molar-refractivity contribution in [2.24, 2.45) is 0 Å². The third kappa shape index (κ3) is 3.99. The normalized spacial score (nSPS) is 10.3. The Labute approximate surface area is 120 Å². The number of hydrogen-bond acceptors (Lipinski definition) is 6. The van der Waals surface area contributed by atoms with Gasteiger partial charge in [0.15, 0.2) is 0 Å². The fourth-order valence-electron chi connectivity index (χ4n) is 1.48. The van der Waals surface area contributed by atoms with Gasteiger partial charge in [-0.1, -0.05) is 16.4 Å². The maximum atomic E-state index is 11.7. The molecule has 0 aliphatic heterocycles. The van der Waals surface area contributed by atoms with Crippen molar-refractivity contribution in [3.05, 3.63) is 35.7 Å². The molecule has 6 nitrogen and oxygen atoms in total. The lowest BCUT2D eigenvalue weighted by molar-refractivity contribution is -0.118. The summed E-state index contributed by atoms with van der Waals surface area (Å²) in [4.78, 5) is 12.7. The second-order valence-electron chi connectivity index (χ2n) is 4.04. The zero-order valence-corrected chi connectivity index (χ0v) is 12.1. The Hall–Kier alpha value is -2.02. The van der Waals surface area contributed by atoms with Gasteiger partial charge in [-0.2, -0.15) is 0 Å². The summed E-state index contributed by atoms with van der Waals surface area (Å²) in [6.45, 7) is 2.11. The van der Waals surface area contributed by atoms with E-state index in [9.17, 15) is 4.79 Å². The van der Waals surface area contributed by atoms with Crippen LogP contribution in [0.3, 0.4) is 0 Å². The second-order valence-corrected chi connectivity index (χ2v) is 5.09. The minimum Gasteiger partial charge on any atom is -0.497 e. The zero-order chi connectivity index (χ0) is 14.4. The smallest absolute Gasteiger partial charge is 0.230 e. The average molecular weight is 293 g/mol. The van der Waals surface area contributed by atoms with Crippen molar-refractivity contribution in [1.82, 2.24) is 15.6 Å². The van der Waals surface area contributed by atoms with Crippen LogP contribution in [0.1, 0.15) is 11.4 Å². The van der Waals surface area contributed by atoms with E-state index in [1.165, 1.54) is 11.8 Å². The van der Waals surface area contributed by atoms with E-state index in [1.54, 1.807) is 14.0 Å². The van der Waals surface area contributed by atoms with Crippen molar-refractivity contribution >= 4 is 17.7 Å². The van der Waals surface area contributed by atoms with E-state index < -0.39 is 0 Å². The Morgan fingerprint density at radius 1 is 1.45 bits per heavy atom. The van der Waals surface area contributed by atoms with Crippen LogP contribution in [-0.4, -0.2) is 29.1 Å². The molecule has 2 rings (SSSR count). The van der Waals surface area contributed by atoms with Crippen molar-refractivity contribution in [2.45, 2.75) is 18.4 Å². The van der Waals surface area contributed by atoms with Crippen LogP contribution in [0.15, 0.2) is 33.8 Å². The van der Waals surface area contributed by atoms with Crippen LogP contribution in [0.5, 0.6) is 5.75 Å². The van der Waals surface area contributed by atoms with E-state index in [-0.39, 0.29) is 5.91 Å². The molecule has 0 spiro atoms. The van der Waals surface area contributed by atoms with Gasteiger partial charge in [-0.05, 0) is 25.1 Å². The molecule has 1 N–H and O–H groups in total. The summed E-state index contributed by atoms with van der Waals surface area (Å²) in [6, 6.07) is 7.59. The summed E-state index contributed by atoms with van der Waals surface area (Å²) in [5, 5.41) is 10.1.